The van der Waals surface area contributed by atoms with E-state index in [1.807, 2.05) is 11.9 Å². The van der Waals surface area contributed by atoms with E-state index in [4.69, 9.17) is 9.84 Å². The molecule has 18 heavy (non-hydrogen) atoms. The number of hydrogen-bond donors (Lipinski definition) is 2. The van der Waals surface area contributed by atoms with Gasteiger partial charge >= 0.3 is 5.97 Å². The van der Waals surface area contributed by atoms with E-state index in [-0.39, 0.29) is 11.5 Å². The van der Waals surface area contributed by atoms with Crippen molar-refractivity contribution in [3.8, 4) is 5.75 Å². The molecule has 2 aliphatic heterocycles. The lowest BCUT2D eigenvalue weighted by Gasteiger charge is -2.48. The van der Waals surface area contributed by atoms with Crippen molar-refractivity contribution >= 4 is 17.6 Å². The Kier molecular flexibility index (Phi) is 2.12. The van der Waals surface area contributed by atoms with Gasteiger partial charge in [-0.1, -0.05) is 0 Å². The highest BCUT2D eigenvalue weighted by Crippen LogP contribution is 2.38. The third-order valence-electron chi connectivity index (χ3n) is 3.24. The molecule has 1 aromatic rings. The molecule has 2 heterocycles. The number of rotatable bonds is 1. The Bertz CT molecular complexity index is 549. The minimum absolute atomic E-state index is 0.124. The molecule has 0 unspecified atom stereocenters. The zero-order valence-electron chi connectivity index (χ0n) is 9.77. The van der Waals surface area contributed by atoms with Gasteiger partial charge < -0.3 is 15.2 Å². The van der Waals surface area contributed by atoms with E-state index in [1.165, 1.54) is 12.1 Å². The molecular weight excluding hydrogens is 236 g/mol. The molecule has 1 aromatic carbocycles. The fourth-order valence-electron chi connectivity index (χ4n) is 2.38. The van der Waals surface area contributed by atoms with Crippen molar-refractivity contribution in [2.75, 3.05) is 25.5 Å². The van der Waals surface area contributed by atoms with Crippen LogP contribution in [0.2, 0.25) is 0 Å². The first-order valence-electron chi connectivity index (χ1n) is 5.56. The summed E-state index contributed by atoms with van der Waals surface area (Å²) in [6.45, 7) is 1.08. The van der Waals surface area contributed by atoms with Crippen LogP contribution < -0.4 is 10.1 Å². The van der Waals surface area contributed by atoms with Gasteiger partial charge in [0, 0.05) is 13.1 Å². The predicted octanol–water partition coefficient (Wildman–Crippen LogP) is 0.400. The van der Waals surface area contributed by atoms with E-state index in [2.05, 4.69) is 5.32 Å². The summed E-state index contributed by atoms with van der Waals surface area (Å²) in [5, 5.41) is 11.6. The molecule has 94 valence electrons. The Hall–Kier alpha value is -2.08. The van der Waals surface area contributed by atoms with E-state index in [0.29, 0.717) is 24.5 Å². The number of ether oxygens (including phenoxy) is 1. The molecule has 1 spiro atoms. The highest BCUT2D eigenvalue weighted by Gasteiger charge is 2.52. The van der Waals surface area contributed by atoms with Gasteiger partial charge in [-0.05, 0) is 25.2 Å². The predicted molar refractivity (Wildman–Crippen MR) is 62.9 cm³/mol. The molecular formula is C12H12N2O4. The van der Waals surface area contributed by atoms with Gasteiger partial charge in [-0.3, -0.25) is 9.69 Å². The van der Waals surface area contributed by atoms with Crippen LogP contribution in [-0.2, 0) is 4.79 Å². The normalized spacial score (nSPS) is 20.6. The third-order valence-corrected chi connectivity index (χ3v) is 3.24. The van der Waals surface area contributed by atoms with Crippen LogP contribution in [0.1, 0.15) is 10.4 Å². The molecule has 2 aliphatic rings. The van der Waals surface area contributed by atoms with Crippen LogP contribution in [0, 0.1) is 0 Å². The number of nitrogens with one attached hydrogen (secondary N) is 1. The molecule has 1 amide bonds. The van der Waals surface area contributed by atoms with Crippen LogP contribution in [-0.4, -0.2) is 47.6 Å². The summed E-state index contributed by atoms with van der Waals surface area (Å²) in [5.41, 5.74) is -0.272. The number of anilines is 1. The standard InChI is InChI=1S/C12H12N2O4/c1-14-5-12(6-14)11(17)13-8-4-7(10(15)16)2-3-9(8)18-12/h2-4H,5-6H2,1H3,(H,13,17)(H,15,16). The van der Waals surface area contributed by atoms with Gasteiger partial charge in [0.1, 0.15) is 5.75 Å². The highest BCUT2D eigenvalue weighted by molar-refractivity contribution is 6.03. The summed E-state index contributed by atoms with van der Waals surface area (Å²) in [5.74, 6) is -0.723. The molecule has 0 saturated carbocycles. The molecule has 0 radical (unpaired) electrons. The van der Waals surface area contributed by atoms with Crippen LogP contribution in [0.25, 0.3) is 0 Å². The Labute approximate surface area is 103 Å². The minimum atomic E-state index is -1.03. The maximum atomic E-state index is 12.0. The molecule has 3 rings (SSSR count). The summed E-state index contributed by atoms with van der Waals surface area (Å²) < 4.78 is 5.73. The number of aromatic carboxylic acids is 1. The number of benzene rings is 1. The van der Waals surface area contributed by atoms with Crippen molar-refractivity contribution in [2.45, 2.75) is 5.60 Å². The van der Waals surface area contributed by atoms with Crippen molar-refractivity contribution in [2.24, 2.45) is 0 Å². The Morgan fingerprint density at radius 2 is 2.22 bits per heavy atom. The van der Waals surface area contributed by atoms with Crippen LogP contribution in [0.5, 0.6) is 5.75 Å². The Morgan fingerprint density at radius 1 is 1.50 bits per heavy atom. The first-order chi connectivity index (χ1) is 8.50. The average Bonchev–Trinajstić information content (AvgIpc) is 2.27. The number of carboxylic acids is 1. The molecule has 6 nitrogen and oxygen atoms in total. The molecule has 0 bridgehead atoms. The largest absolute Gasteiger partial charge is 0.478 e. The lowest BCUT2D eigenvalue weighted by molar-refractivity contribution is -0.147. The number of likely N-dealkylation sites (N-methyl/N-ethyl adjacent to an activating group) is 1. The quantitative estimate of drug-likeness (QED) is 0.752. The number of likely N-dealkylation sites (tertiary alicyclic amines) is 1. The zero-order chi connectivity index (χ0) is 12.9. The first-order valence-corrected chi connectivity index (χ1v) is 5.56. The molecule has 0 atom stereocenters. The number of amides is 1. The third kappa shape index (κ3) is 1.46. The Morgan fingerprint density at radius 3 is 2.83 bits per heavy atom. The number of carbonyl (C=O) groups is 2. The number of hydrogen-bond acceptors (Lipinski definition) is 4. The summed E-state index contributed by atoms with van der Waals surface area (Å²) in [6.07, 6.45) is 0. The summed E-state index contributed by atoms with van der Waals surface area (Å²) >= 11 is 0. The molecule has 2 N–H and O–H groups in total. The maximum absolute atomic E-state index is 12.0. The maximum Gasteiger partial charge on any atom is 0.335 e. The lowest BCUT2D eigenvalue weighted by atomic mass is 9.91. The van der Waals surface area contributed by atoms with E-state index in [0.717, 1.165) is 0 Å². The van der Waals surface area contributed by atoms with E-state index in [9.17, 15) is 9.59 Å². The minimum Gasteiger partial charge on any atom is -0.478 e. The highest BCUT2D eigenvalue weighted by atomic mass is 16.5. The molecule has 6 heteroatoms. The Balaban J connectivity index is 1.95. The number of carboxylic acid groups (broad SMARTS) is 1. The number of carbonyl (C=O) groups excluding carboxylic acids is 1. The van der Waals surface area contributed by atoms with Crippen molar-refractivity contribution in [1.29, 1.82) is 0 Å². The molecule has 0 aliphatic carbocycles. The fraction of sp³-hybridized carbons (Fsp3) is 0.333. The van der Waals surface area contributed by atoms with Gasteiger partial charge in [0.15, 0.2) is 0 Å². The van der Waals surface area contributed by atoms with Gasteiger partial charge in [-0.2, -0.15) is 0 Å². The van der Waals surface area contributed by atoms with E-state index < -0.39 is 11.6 Å². The fourth-order valence-corrected chi connectivity index (χ4v) is 2.38. The number of nitrogens with zero attached hydrogens (tertiary/aromatic N) is 1. The van der Waals surface area contributed by atoms with Crippen molar-refractivity contribution in [3.63, 3.8) is 0 Å². The monoisotopic (exact) mass is 248 g/mol. The van der Waals surface area contributed by atoms with Crippen molar-refractivity contribution in [1.82, 2.24) is 4.90 Å². The zero-order valence-corrected chi connectivity index (χ0v) is 9.77. The van der Waals surface area contributed by atoms with E-state index in [1.54, 1.807) is 6.07 Å². The smallest absolute Gasteiger partial charge is 0.335 e. The lowest BCUT2D eigenvalue weighted by Crippen LogP contribution is -2.70. The molecule has 1 fully saturated rings. The number of fused-ring (bicyclic) bond motifs is 1. The first kappa shape index (κ1) is 11.0. The van der Waals surface area contributed by atoms with Gasteiger partial charge in [-0.25, -0.2) is 4.79 Å². The van der Waals surface area contributed by atoms with Crippen LogP contribution >= 0.6 is 0 Å². The SMILES string of the molecule is CN1CC2(C1)Oc1ccc(C(=O)O)cc1NC2=O. The van der Waals surface area contributed by atoms with Crippen LogP contribution in [0.3, 0.4) is 0 Å². The van der Waals surface area contributed by atoms with Gasteiger partial charge in [-0.15, -0.1) is 0 Å². The van der Waals surface area contributed by atoms with Crippen molar-refractivity contribution < 1.29 is 19.4 Å². The van der Waals surface area contributed by atoms with Gasteiger partial charge in [0.2, 0.25) is 5.60 Å². The second-order valence-electron chi connectivity index (χ2n) is 4.74. The van der Waals surface area contributed by atoms with Crippen LogP contribution in [0.4, 0.5) is 5.69 Å². The van der Waals surface area contributed by atoms with Crippen molar-refractivity contribution in [3.05, 3.63) is 23.8 Å². The summed E-state index contributed by atoms with van der Waals surface area (Å²) in [4.78, 5) is 24.8. The second kappa shape index (κ2) is 3.46. The van der Waals surface area contributed by atoms with Crippen LogP contribution in [0.15, 0.2) is 18.2 Å². The van der Waals surface area contributed by atoms with Gasteiger partial charge in [0.25, 0.3) is 5.91 Å². The average molecular weight is 248 g/mol. The summed E-state index contributed by atoms with van der Waals surface area (Å²) in [6, 6.07) is 4.46. The molecule has 0 aromatic heterocycles. The topological polar surface area (TPSA) is 78.9 Å². The van der Waals surface area contributed by atoms with E-state index >= 15 is 0 Å². The van der Waals surface area contributed by atoms with Gasteiger partial charge in [0.05, 0.1) is 11.3 Å². The summed E-state index contributed by atoms with van der Waals surface area (Å²) in [7, 11) is 1.91. The molecule has 1 saturated heterocycles. The second-order valence-corrected chi connectivity index (χ2v) is 4.74.